The van der Waals surface area contributed by atoms with Gasteiger partial charge in [-0.1, -0.05) is 25.0 Å². The van der Waals surface area contributed by atoms with Crippen LogP contribution in [-0.2, 0) is 6.54 Å². The number of nitrogens with one attached hydrogen (secondary N) is 2. The molecule has 0 spiro atoms. The number of halogens is 1. The third-order valence-electron chi connectivity index (χ3n) is 3.83. The molecule has 4 nitrogen and oxygen atoms in total. The zero-order valence-electron chi connectivity index (χ0n) is 12.3. The summed E-state index contributed by atoms with van der Waals surface area (Å²) in [6, 6.07) is 8.80. The van der Waals surface area contributed by atoms with Crippen LogP contribution in [0.4, 0.5) is 10.2 Å². The van der Waals surface area contributed by atoms with E-state index in [0.717, 1.165) is 11.4 Å². The Bertz CT molecular complexity index is 632. The highest BCUT2D eigenvalue weighted by Gasteiger charge is 2.15. The lowest BCUT2D eigenvalue weighted by atomic mass is 10.2. The van der Waals surface area contributed by atoms with Crippen molar-refractivity contribution in [2.24, 2.45) is 0 Å². The molecular formula is C16H19FN4S. The maximum atomic E-state index is 12.9. The minimum atomic E-state index is -0.227. The van der Waals surface area contributed by atoms with E-state index in [1.54, 1.807) is 16.8 Å². The molecule has 2 N–H and O–H groups in total. The second-order valence-electron chi connectivity index (χ2n) is 5.60. The van der Waals surface area contributed by atoms with Gasteiger partial charge in [0.15, 0.2) is 10.9 Å². The summed E-state index contributed by atoms with van der Waals surface area (Å²) in [4.78, 5) is 0. The highest BCUT2D eigenvalue weighted by atomic mass is 32.1. The molecule has 0 amide bonds. The topological polar surface area (TPSA) is 41.9 Å². The summed E-state index contributed by atoms with van der Waals surface area (Å²) in [5.41, 5.74) is 1.00. The second-order valence-corrected chi connectivity index (χ2v) is 6.01. The van der Waals surface area contributed by atoms with Crippen LogP contribution in [0.3, 0.4) is 0 Å². The van der Waals surface area contributed by atoms with Crippen molar-refractivity contribution in [2.75, 3.05) is 5.32 Å². The average molecular weight is 318 g/mol. The monoisotopic (exact) mass is 318 g/mol. The molecule has 1 heterocycles. The maximum Gasteiger partial charge on any atom is 0.172 e. The summed E-state index contributed by atoms with van der Waals surface area (Å²) < 4.78 is 14.7. The largest absolute Gasteiger partial charge is 0.360 e. The van der Waals surface area contributed by atoms with Gasteiger partial charge < -0.3 is 10.6 Å². The molecule has 1 aromatic carbocycles. The molecule has 2 aromatic rings. The van der Waals surface area contributed by atoms with Crippen LogP contribution in [-0.4, -0.2) is 20.9 Å². The predicted molar refractivity (Wildman–Crippen MR) is 89.3 cm³/mol. The van der Waals surface area contributed by atoms with Crippen molar-refractivity contribution in [3.63, 3.8) is 0 Å². The van der Waals surface area contributed by atoms with Gasteiger partial charge in [-0.25, -0.2) is 4.39 Å². The van der Waals surface area contributed by atoms with E-state index in [0.29, 0.717) is 17.7 Å². The first-order valence-electron chi connectivity index (χ1n) is 7.54. The maximum absolute atomic E-state index is 12.9. The smallest absolute Gasteiger partial charge is 0.172 e. The molecule has 1 fully saturated rings. The summed E-state index contributed by atoms with van der Waals surface area (Å²) in [5.74, 6) is 0.493. The predicted octanol–water partition coefficient (Wildman–Crippen LogP) is 3.30. The van der Waals surface area contributed by atoms with E-state index in [4.69, 9.17) is 12.2 Å². The lowest BCUT2D eigenvalue weighted by molar-refractivity contribution is 0.624. The quantitative estimate of drug-likeness (QED) is 0.849. The minimum Gasteiger partial charge on any atom is -0.360 e. The van der Waals surface area contributed by atoms with Gasteiger partial charge >= 0.3 is 0 Å². The summed E-state index contributed by atoms with van der Waals surface area (Å²) in [7, 11) is 0. The number of thiocarbonyl (C=S) groups is 1. The molecule has 0 saturated heterocycles. The van der Waals surface area contributed by atoms with Crippen molar-refractivity contribution in [1.29, 1.82) is 0 Å². The fourth-order valence-electron chi connectivity index (χ4n) is 2.70. The van der Waals surface area contributed by atoms with Gasteiger partial charge in [0.1, 0.15) is 5.82 Å². The average Bonchev–Trinajstić information content (AvgIpc) is 3.14. The van der Waals surface area contributed by atoms with E-state index in [1.807, 2.05) is 12.3 Å². The molecule has 1 saturated carbocycles. The Morgan fingerprint density at radius 1 is 1.23 bits per heavy atom. The fraction of sp³-hybridized carbons (Fsp3) is 0.375. The van der Waals surface area contributed by atoms with E-state index < -0.39 is 0 Å². The van der Waals surface area contributed by atoms with Crippen molar-refractivity contribution < 1.29 is 4.39 Å². The number of hydrogen-bond donors (Lipinski definition) is 2. The molecule has 1 aliphatic carbocycles. The molecule has 0 aliphatic heterocycles. The Morgan fingerprint density at radius 3 is 2.68 bits per heavy atom. The first kappa shape index (κ1) is 15.0. The lowest BCUT2D eigenvalue weighted by Crippen LogP contribution is -2.36. The third-order valence-corrected chi connectivity index (χ3v) is 4.05. The molecule has 1 aliphatic rings. The van der Waals surface area contributed by atoms with Gasteiger partial charge in [0.05, 0.1) is 6.54 Å². The van der Waals surface area contributed by atoms with Gasteiger partial charge in [0.2, 0.25) is 0 Å². The number of benzene rings is 1. The Labute approximate surface area is 134 Å². The number of rotatable bonds is 4. The van der Waals surface area contributed by atoms with Crippen molar-refractivity contribution in [2.45, 2.75) is 38.3 Å². The van der Waals surface area contributed by atoms with E-state index >= 15 is 0 Å². The molecule has 3 rings (SSSR count). The van der Waals surface area contributed by atoms with Crippen molar-refractivity contribution in [3.05, 3.63) is 47.9 Å². The molecule has 0 atom stereocenters. The third kappa shape index (κ3) is 4.04. The molecular weight excluding hydrogens is 299 g/mol. The van der Waals surface area contributed by atoms with Crippen molar-refractivity contribution in [1.82, 2.24) is 15.1 Å². The van der Waals surface area contributed by atoms with Gasteiger partial charge in [0, 0.05) is 18.3 Å². The lowest BCUT2D eigenvalue weighted by Gasteiger charge is -2.14. The summed E-state index contributed by atoms with van der Waals surface area (Å²) >= 11 is 5.31. The number of nitrogens with zero attached hydrogens (tertiary/aromatic N) is 2. The highest BCUT2D eigenvalue weighted by Crippen LogP contribution is 2.17. The summed E-state index contributed by atoms with van der Waals surface area (Å²) in [6.45, 7) is 0.602. The summed E-state index contributed by atoms with van der Waals surface area (Å²) in [5, 5.41) is 11.5. The van der Waals surface area contributed by atoms with Crippen LogP contribution in [0.15, 0.2) is 36.5 Å². The number of aromatic nitrogens is 2. The molecule has 116 valence electrons. The standard InChI is InChI=1S/C16H19FN4S/c17-13-7-5-12(6-8-13)11-21-10-9-15(20-21)19-16(22)18-14-3-1-2-4-14/h5-10,14H,1-4,11H2,(H2,18,19,20,22). The summed E-state index contributed by atoms with van der Waals surface area (Å²) in [6.07, 6.45) is 6.78. The van der Waals surface area contributed by atoms with Gasteiger partial charge in [-0.15, -0.1) is 0 Å². The van der Waals surface area contributed by atoms with Gasteiger partial charge in [0.25, 0.3) is 0 Å². The van der Waals surface area contributed by atoms with Crippen LogP contribution in [0.5, 0.6) is 0 Å². The van der Waals surface area contributed by atoms with E-state index in [-0.39, 0.29) is 5.82 Å². The molecule has 1 aromatic heterocycles. The van der Waals surface area contributed by atoms with Gasteiger partial charge in [-0.2, -0.15) is 5.10 Å². The van der Waals surface area contributed by atoms with Crippen LogP contribution >= 0.6 is 12.2 Å². The normalized spacial score (nSPS) is 15.0. The van der Waals surface area contributed by atoms with Crippen LogP contribution in [0, 0.1) is 5.82 Å². The Morgan fingerprint density at radius 2 is 1.95 bits per heavy atom. The van der Waals surface area contributed by atoms with Gasteiger partial charge in [-0.3, -0.25) is 4.68 Å². The first-order chi connectivity index (χ1) is 10.7. The Kier molecular flexibility index (Phi) is 4.68. The first-order valence-corrected chi connectivity index (χ1v) is 7.95. The molecule has 0 bridgehead atoms. The molecule has 0 radical (unpaired) electrons. The van der Waals surface area contributed by atoms with Crippen molar-refractivity contribution in [3.8, 4) is 0 Å². The zero-order chi connectivity index (χ0) is 15.4. The number of anilines is 1. The fourth-order valence-corrected chi connectivity index (χ4v) is 2.97. The van der Waals surface area contributed by atoms with Crippen LogP contribution in [0.25, 0.3) is 0 Å². The van der Waals surface area contributed by atoms with Gasteiger partial charge in [-0.05, 0) is 42.8 Å². The number of hydrogen-bond acceptors (Lipinski definition) is 2. The highest BCUT2D eigenvalue weighted by molar-refractivity contribution is 7.80. The Hall–Kier alpha value is -1.95. The van der Waals surface area contributed by atoms with Crippen LogP contribution < -0.4 is 10.6 Å². The Balaban J connectivity index is 1.54. The molecule has 0 unspecified atom stereocenters. The second kappa shape index (κ2) is 6.87. The molecule has 6 heteroatoms. The SMILES string of the molecule is Fc1ccc(Cn2ccc(NC(=S)NC3CCCC3)n2)cc1. The molecule has 22 heavy (non-hydrogen) atoms. The van der Waals surface area contributed by atoms with E-state index in [1.165, 1.54) is 37.8 Å². The minimum absolute atomic E-state index is 0.227. The van der Waals surface area contributed by atoms with Crippen LogP contribution in [0.1, 0.15) is 31.2 Å². The van der Waals surface area contributed by atoms with E-state index in [2.05, 4.69) is 15.7 Å². The zero-order valence-corrected chi connectivity index (χ0v) is 13.1. The van der Waals surface area contributed by atoms with Crippen molar-refractivity contribution >= 4 is 23.1 Å². The van der Waals surface area contributed by atoms with Crippen LogP contribution in [0.2, 0.25) is 0 Å². The van der Waals surface area contributed by atoms with E-state index in [9.17, 15) is 4.39 Å².